The van der Waals surface area contributed by atoms with E-state index < -0.39 is 6.04 Å². The van der Waals surface area contributed by atoms with Crippen LogP contribution < -0.4 is 10.5 Å². The van der Waals surface area contributed by atoms with Gasteiger partial charge in [-0.25, -0.2) is 0 Å². The van der Waals surface area contributed by atoms with Gasteiger partial charge in [0.05, 0.1) is 6.04 Å². The summed E-state index contributed by atoms with van der Waals surface area (Å²) < 4.78 is 3.19. The second kappa shape index (κ2) is 11.1. The summed E-state index contributed by atoms with van der Waals surface area (Å²) >= 11 is 1.45. The lowest BCUT2D eigenvalue weighted by molar-refractivity contribution is -0.128. The van der Waals surface area contributed by atoms with Crippen molar-refractivity contribution in [2.45, 2.75) is 45.1 Å². The van der Waals surface area contributed by atoms with E-state index in [0.29, 0.717) is 18.9 Å². The van der Waals surface area contributed by atoms with Gasteiger partial charge >= 0.3 is 0 Å². The molecule has 3 N–H and O–H groups in total. The van der Waals surface area contributed by atoms with Gasteiger partial charge in [-0.05, 0) is 31.2 Å². The van der Waals surface area contributed by atoms with Crippen LogP contribution in [0.3, 0.4) is 0 Å². The Morgan fingerprint density at radius 3 is 2.65 bits per heavy atom. The van der Waals surface area contributed by atoms with E-state index in [0.717, 1.165) is 44.3 Å². The third kappa shape index (κ3) is 6.21. The van der Waals surface area contributed by atoms with E-state index in [2.05, 4.69) is 11.6 Å². The number of hydrogen-bond acceptors (Lipinski definition) is 5. The molecule has 1 atom stereocenters. The molecular weight excluding hydrogens is 346 g/mol. The van der Waals surface area contributed by atoms with E-state index in [-0.39, 0.29) is 5.91 Å². The molecule has 1 unspecified atom stereocenters. The van der Waals surface area contributed by atoms with E-state index in [1.807, 2.05) is 41.6 Å². The van der Waals surface area contributed by atoms with E-state index in [4.69, 9.17) is 10.8 Å². The summed E-state index contributed by atoms with van der Waals surface area (Å²) in [6.07, 6.45) is 6.68. The standard InChI is InChI=1S/C19H31N5OS/c1-3-4-14-24(19(22-26-2)21-23-12-8-9-13-23)18(25)17(20)15-16-10-6-5-7-11-16/h5-7,10-11,17H,3-4,8-9,12-15,20H2,1-2H3,(H,21,22). The Bertz CT molecular complexity index is 575. The van der Waals surface area contributed by atoms with Gasteiger partial charge in [0.2, 0.25) is 11.9 Å². The Morgan fingerprint density at radius 1 is 1.35 bits per heavy atom. The third-order valence-electron chi connectivity index (χ3n) is 4.38. The average Bonchev–Trinajstić information content (AvgIpc) is 3.16. The Kier molecular flexibility index (Phi) is 8.77. The van der Waals surface area contributed by atoms with Crippen LogP contribution in [0.4, 0.5) is 0 Å². The molecule has 1 aromatic carbocycles. The number of benzene rings is 1. The first kappa shape index (κ1) is 20.6. The lowest BCUT2D eigenvalue weighted by atomic mass is 10.1. The zero-order valence-electron chi connectivity index (χ0n) is 15.9. The topological polar surface area (TPSA) is 74.0 Å². The molecule has 1 aliphatic heterocycles. The van der Waals surface area contributed by atoms with Crippen molar-refractivity contribution in [3.63, 3.8) is 0 Å². The second-order valence-electron chi connectivity index (χ2n) is 6.53. The largest absolute Gasteiger partial charge is 0.320 e. The van der Waals surface area contributed by atoms with Crippen molar-refractivity contribution >= 4 is 23.8 Å². The Hall–Kier alpha value is -1.73. The van der Waals surface area contributed by atoms with Gasteiger partial charge in [-0.1, -0.05) is 55.6 Å². The summed E-state index contributed by atoms with van der Waals surface area (Å²) in [5.41, 5.74) is 7.34. The molecule has 144 valence electrons. The normalized spacial score (nSPS) is 15.8. The lowest BCUT2D eigenvalue weighted by Crippen LogP contribution is -2.51. The molecule has 1 aliphatic rings. The predicted molar refractivity (Wildman–Crippen MR) is 110 cm³/mol. The number of unbranched alkanes of at least 4 members (excludes halogenated alkanes) is 1. The first-order valence-corrected chi connectivity index (χ1v) is 10.6. The number of hydrazone groups is 1. The Labute approximate surface area is 161 Å². The summed E-state index contributed by atoms with van der Waals surface area (Å²) in [4.78, 5) is 14.8. The summed E-state index contributed by atoms with van der Waals surface area (Å²) in [6.45, 7) is 4.61. The van der Waals surface area contributed by atoms with Crippen LogP contribution in [0, 0.1) is 0 Å². The van der Waals surface area contributed by atoms with Crippen LogP contribution in [-0.2, 0) is 11.2 Å². The molecule has 0 aromatic heterocycles. The summed E-state index contributed by atoms with van der Waals surface area (Å²) in [5, 5.41) is 6.73. The van der Waals surface area contributed by atoms with Crippen LogP contribution in [0.25, 0.3) is 0 Å². The van der Waals surface area contributed by atoms with Crippen LogP contribution >= 0.6 is 11.9 Å². The van der Waals surface area contributed by atoms with E-state index in [1.54, 1.807) is 4.90 Å². The summed E-state index contributed by atoms with van der Waals surface area (Å²) in [7, 11) is 0. The van der Waals surface area contributed by atoms with E-state index >= 15 is 0 Å². The highest BCUT2D eigenvalue weighted by molar-refractivity contribution is 7.97. The molecule has 2 rings (SSSR count). The quantitative estimate of drug-likeness (QED) is 0.413. The highest BCUT2D eigenvalue weighted by atomic mass is 32.2. The fourth-order valence-electron chi connectivity index (χ4n) is 2.95. The van der Waals surface area contributed by atoms with Gasteiger partial charge in [0.1, 0.15) is 0 Å². The zero-order chi connectivity index (χ0) is 18.8. The summed E-state index contributed by atoms with van der Waals surface area (Å²) in [6, 6.07) is 9.33. The smallest absolute Gasteiger partial charge is 0.246 e. The molecule has 1 aromatic rings. The molecule has 1 fully saturated rings. The number of carbonyl (C=O) groups excluding carboxylic acids is 1. The van der Waals surface area contributed by atoms with Crippen molar-refractivity contribution in [2.24, 2.45) is 10.8 Å². The number of nitrogens with two attached hydrogens (primary N) is 1. The van der Waals surface area contributed by atoms with Crippen molar-refractivity contribution in [1.82, 2.24) is 14.6 Å². The molecule has 26 heavy (non-hydrogen) atoms. The van der Waals surface area contributed by atoms with E-state index in [9.17, 15) is 4.79 Å². The van der Waals surface area contributed by atoms with Crippen molar-refractivity contribution in [3.8, 4) is 0 Å². The van der Waals surface area contributed by atoms with Crippen molar-refractivity contribution in [1.29, 1.82) is 0 Å². The maximum absolute atomic E-state index is 13.1. The van der Waals surface area contributed by atoms with Crippen molar-refractivity contribution < 1.29 is 4.79 Å². The fourth-order valence-corrected chi connectivity index (χ4v) is 3.28. The van der Waals surface area contributed by atoms with Crippen molar-refractivity contribution in [3.05, 3.63) is 35.9 Å². The monoisotopic (exact) mass is 377 g/mol. The minimum Gasteiger partial charge on any atom is -0.320 e. The molecule has 1 saturated heterocycles. The van der Waals surface area contributed by atoms with Gasteiger partial charge in [0.15, 0.2) is 0 Å². The molecule has 1 heterocycles. The molecule has 0 spiro atoms. The first-order valence-electron chi connectivity index (χ1n) is 9.39. The minimum atomic E-state index is -0.582. The molecular formula is C19H31N5OS. The number of amides is 1. The number of nitrogens with one attached hydrogen (secondary N) is 1. The van der Waals surface area contributed by atoms with Crippen LogP contribution in [0.1, 0.15) is 38.2 Å². The minimum absolute atomic E-state index is 0.0817. The maximum atomic E-state index is 13.1. The molecule has 0 radical (unpaired) electrons. The molecule has 0 aliphatic carbocycles. The van der Waals surface area contributed by atoms with Gasteiger partial charge in [-0.15, -0.1) is 5.10 Å². The molecule has 1 amide bonds. The number of hydrogen-bond donors (Lipinski definition) is 2. The van der Waals surface area contributed by atoms with Gasteiger partial charge in [-0.3, -0.25) is 19.4 Å². The lowest BCUT2D eigenvalue weighted by Gasteiger charge is -2.28. The van der Waals surface area contributed by atoms with Crippen LogP contribution in [0.2, 0.25) is 0 Å². The van der Waals surface area contributed by atoms with Gasteiger partial charge in [0.25, 0.3) is 0 Å². The highest BCUT2D eigenvalue weighted by Crippen LogP contribution is 2.11. The Morgan fingerprint density at radius 2 is 2.04 bits per heavy atom. The number of nitrogens with zero attached hydrogens (tertiary/aromatic N) is 3. The number of guanidine groups is 1. The fraction of sp³-hybridized carbons (Fsp3) is 0.579. The molecule has 7 heteroatoms. The van der Waals surface area contributed by atoms with Gasteiger partial charge < -0.3 is 5.73 Å². The van der Waals surface area contributed by atoms with Crippen LogP contribution in [0.15, 0.2) is 35.4 Å². The Balaban J connectivity index is 2.15. The third-order valence-corrected chi connectivity index (χ3v) is 4.77. The van der Waals surface area contributed by atoms with Gasteiger partial charge in [-0.2, -0.15) is 0 Å². The van der Waals surface area contributed by atoms with Crippen molar-refractivity contribution in [2.75, 3.05) is 25.9 Å². The summed E-state index contributed by atoms with van der Waals surface area (Å²) in [5.74, 6) is 0.517. The molecule has 0 bridgehead atoms. The predicted octanol–water partition coefficient (Wildman–Crippen LogP) is 2.42. The average molecular weight is 378 g/mol. The SMILES string of the molecule is CCCCN(C(=O)C(N)Cc1ccccc1)C(=NN1CCCC1)NSC. The van der Waals surface area contributed by atoms with Crippen LogP contribution in [0.5, 0.6) is 0 Å². The molecule has 6 nitrogen and oxygen atoms in total. The maximum Gasteiger partial charge on any atom is 0.246 e. The zero-order valence-corrected chi connectivity index (χ0v) is 16.7. The second-order valence-corrected chi connectivity index (χ2v) is 7.14. The van der Waals surface area contributed by atoms with Gasteiger partial charge in [0, 0.05) is 25.9 Å². The molecule has 0 saturated carbocycles. The first-order chi connectivity index (χ1) is 12.7. The van der Waals surface area contributed by atoms with E-state index in [1.165, 1.54) is 11.9 Å². The number of carbonyl (C=O) groups is 1. The highest BCUT2D eigenvalue weighted by Gasteiger charge is 2.26. The van der Waals surface area contributed by atoms with Crippen LogP contribution in [-0.4, -0.2) is 53.7 Å². The number of rotatable bonds is 8.